The van der Waals surface area contributed by atoms with Gasteiger partial charge in [0.2, 0.25) is 0 Å². The molecule has 0 saturated carbocycles. The number of para-hydroxylation sites is 1. The largest absolute Gasteiger partial charge is 0.471 e. The number of amides is 1. The average molecular weight is 405 g/mol. The summed E-state index contributed by atoms with van der Waals surface area (Å²) in [6.07, 6.45) is -0.699. The van der Waals surface area contributed by atoms with E-state index < -0.39 is 29.3 Å². The minimum Gasteiger partial charge on any atom is -0.360 e. The maximum absolute atomic E-state index is 13.3. The van der Waals surface area contributed by atoms with Crippen LogP contribution in [0.25, 0.3) is 10.9 Å². The Bertz CT molecular complexity index is 1040. The molecule has 28 heavy (non-hydrogen) atoms. The zero-order chi connectivity index (χ0) is 19.9. The summed E-state index contributed by atoms with van der Waals surface area (Å²) in [5.41, 5.74) is 1.42. The standard InChI is InChI=1S/C19H14F3N3O2S/c20-19(21,22)18(27)25-15(10-28-17(25)11-4-3-7-23-8-11)16(26)13-9-24-14-6-2-1-5-12(13)14/h1-9,15,17,24H,10H2/t15-,17-/m1/s1. The first-order chi connectivity index (χ1) is 13.4. The van der Waals surface area contributed by atoms with Crippen molar-refractivity contribution in [3.63, 3.8) is 0 Å². The predicted molar refractivity (Wildman–Crippen MR) is 98.8 cm³/mol. The maximum atomic E-state index is 13.3. The number of pyridine rings is 1. The van der Waals surface area contributed by atoms with Crippen LogP contribution in [0.2, 0.25) is 0 Å². The van der Waals surface area contributed by atoms with Gasteiger partial charge in [0.25, 0.3) is 0 Å². The molecule has 5 nitrogen and oxygen atoms in total. The number of rotatable bonds is 3. The number of benzene rings is 1. The molecular weight excluding hydrogens is 391 g/mol. The molecule has 0 aliphatic carbocycles. The third kappa shape index (κ3) is 3.15. The Kier molecular flexibility index (Phi) is 4.62. The quantitative estimate of drug-likeness (QED) is 0.670. The van der Waals surface area contributed by atoms with Crippen molar-refractivity contribution in [3.8, 4) is 0 Å². The summed E-state index contributed by atoms with van der Waals surface area (Å²) in [4.78, 5) is 32.9. The molecule has 2 aromatic heterocycles. The molecule has 0 radical (unpaired) electrons. The number of thioether (sulfide) groups is 1. The molecular formula is C19H14F3N3O2S. The van der Waals surface area contributed by atoms with Gasteiger partial charge in [0.05, 0.1) is 0 Å². The fourth-order valence-electron chi connectivity index (χ4n) is 3.34. The summed E-state index contributed by atoms with van der Waals surface area (Å²) in [5, 5.41) is -0.316. The number of carbonyl (C=O) groups is 2. The Hall–Kier alpha value is -2.81. The average Bonchev–Trinajstić information content (AvgIpc) is 3.31. The number of ketones is 1. The molecule has 2 atom stereocenters. The highest BCUT2D eigenvalue weighted by atomic mass is 32.2. The van der Waals surface area contributed by atoms with Crippen molar-refractivity contribution in [2.24, 2.45) is 0 Å². The smallest absolute Gasteiger partial charge is 0.360 e. The third-order valence-corrected chi connectivity index (χ3v) is 5.93. The summed E-state index contributed by atoms with van der Waals surface area (Å²) >= 11 is 1.12. The molecule has 1 aliphatic rings. The second-order valence-electron chi connectivity index (χ2n) is 6.31. The number of aromatic amines is 1. The molecule has 1 saturated heterocycles. The van der Waals surface area contributed by atoms with Gasteiger partial charge in [-0.05, 0) is 12.1 Å². The summed E-state index contributed by atoms with van der Waals surface area (Å²) < 4.78 is 39.9. The Labute approximate surface area is 161 Å². The predicted octanol–water partition coefficient (Wildman–Crippen LogP) is 3.95. The number of alkyl halides is 3. The number of Topliss-reactive ketones (excluding diaryl/α,β-unsaturated/α-hetero) is 1. The molecule has 3 aromatic rings. The van der Waals surface area contributed by atoms with Gasteiger partial charge < -0.3 is 9.88 Å². The van der Waals surface area contributed by atoms with Gasteiger partial charge in [-0.25, -0.2) is 0 Å². The lowest BCUT2D eigenvalue weighted by Gasteiger charge is -2.29. The van der Waals surface area contributed by atoms with Crippen LogP contribution in [0.1, 0.15) is 21.3 Å². The van der Waals surface area contributed by atoms with Crippen molar-refractivity contribution in [2.75, 3.05) is 5.75 Å². The van der Waals surface area contributed by atoms with Crippen molar-refractivity contribution in [1.82, 2.24) is 14.9 Å². The minimum atomic E-state index is -5.08. The summed E-state index contributed by atoms with van der Waals surface area (Å²) in [6.45, 7) is 0. The van der Waals surface area contributed by atoms with Gasteiger partial charge >= 0.3 is 12.1 Å². The normalized spacial score (nSPS) is 19.9. The van der Waals surface area contributed by atoms with Crippen molar-refractivity contribution < 1.29 is 22.8 Å². The van der Waals surface area contributed by atoms with Gasteiger partial charge in [-0.2, -0.15) is 13.2 Å². The van der Waals surface area contributed by atoms with E-state index in [0.717, 1.165) is 11.8 Å². The monoisotopic (exact) mass is 405 g/mol. The van der Waals surface area contributed by atoms with E-state index in [0.29, 0.717) is 21.4 Å². The lowest BCUT2D eigenvalue weighted by Crippen LogP contribution is -2.48. The highest BCUT2D eigenvalue weighted by Gasteiger charge is 2.52. The fourth-order valence-corrected chi connectivity index (χ4v) is 4.75. The van der Waals surface area contributed by atoms with Crippen LogP contribution < -0.4 is 0 Å². The first kappa shape index (κ1) is 18.5. The van der Waals surface area contributed by atoms with Crippen LogP contribution in [0.3, 0.4) is 0 Å². The molecule has 9 heteroatoms. The van der Waals surface area contributed by atoms with Crippen molar-refractivity contribution in [1.29, 1.82) is 0 Å². The molecule has 1 amide bonds. The Balaban J connectivity index is 1.74. The highest BCUT2D eigenvalue weighted by Crippen LogP contribution is 2.44. The number of aromatic nitrogens is 2. The Morgan fingerprint density at radius 3 is 2.68 bits per heavy atom. The van der Waals surface area contributed by atoms with Crippen LogP contribution in [0.5, 0.6) is 0 Å². The fraction of sp³-hybridized carbons (Fsp3) is 0.211. The molecule has 1 fully saturated rings. The second kappa shape index (κ2) is 6.97. The van der Waals surface area contributed by atoms with Crippen LogP contribution in [-0.4, -0.2) is 44.5 Å². The second-order valence-corrected chi connectivity index (χ2v) is 7.42. The molecule has 4 rings (SSSR count). The number of halogens is 3. The van der Waals surface area contributed by atoms with E-state index in [1.807, 2.05) is 0 Å². The van der Waals surface area contributed by atoms with Gasteiger partial charge in [0.1, 0.15) is 11.4 Å². The van der Waals surface area contributed by atoms with Gasteiger partial charge in [0, 0.05) is 46.4 Å². The Morgan fingerprint density at radius 2 is 1.96 bits per heavy atom. The van der Waals surface area contributed by atoms with Crippen molar-refractivity contribution in [3.05, 3.63) is 66.1 Å². The summed E-state index contributed by atoms with van der Waals surface area (Å²) in [7, 11) is 0. The number of H-pyrrole nitrogens is 1. The highest BCUT2D eigenvalue weighted by molar-refractivity contribution is 7.99. The Morgan fingerprint density at radius 1 is 1.18 bits per heavy atom. The van der Waals surface area contributed by atoms with Crippen molar-refractivity contribution >= 4 is 34.4 Å². The zero-order valence-corrected chi connectivity index (χ0v) is 15.1. The molecule has 3 heterocycles. The zero-order valence-electron chi connectivity index (χ0n) is 14.3. The van der Waals surface area contributed by atoms with Gasteiger partial charge in [-0.1, -0.05) is 24.3 Å². The van der Waals surface area contributed by atoms with Gasteiger partial charge in [-0.15, -0.1) is 11.8 Å². The van der Waals surface area contributed by atoms with E-state index in [-0.39, 0.29) is 11.3 Å². The summed E-state index contributed by atoms with van der Waals surface area (Å²) in [5.74, 6) is -2.47. The topological polar surface area (TPSA) is 66.1 Å². The van der Waals surface area contributed by atoms with E-state index in [2.05, 4.69) is 9.97 Å². The van der Waals surface area contributed by atoms with E-state index in [1.54, 1.807) is 36.4 Å². The number of hydrogen-bond donors (Lipinski definition) is 1. The van der Waals surface area contributed by atoms with Crippen LogP contribution >= 0.6 is 11.8 Å². The number of nitrogens with one attached hydrogen (secondary N) is 1. The lowest BCUT2D eigenvalue weighted by atomic mass is 10.0. The van der Waals surface area contributed by atoms with Crippen LogP contribution in [-0.2, 0) is 4.79 Å². The molecule has 0 bridgehead atoms. The number of carbonyl (C=O) groups excluding carboxylic acids is 2. The van der Waals surface area contributed by atoms with Crippen molar-refractivity contribution in [2.45, 2.75) is 17.6 Å². The van der Waals surface area contributed by atoms with E-state index in [4.69, 9.17) is 0 Å². The van der Waals surface area contributed by atoms with E-state index >= 15 is 0 Å². The molecule has 0 spiro atoms. The van der Waals surface area contributed by atoms with Crippen LogP contribution in [0.4, 0.5) is 13.2 Å². The molecule has 0 unspecified atom stereocenters. The first-order valence-electron chi connectivity index (χ1n) is 8.39. The molecule has 144 valence electrons. The molecule has 1 aromatic carbocycles. The van der Waals surface area contributed by atoms with Gasteiger partial charge in [0.15, 0.2) is 5.78 Å². The molecule has 1 aliphatic heterocycles. The summed E-state index contributed by atoms with van der Waals surface area (Å²) in [6, 6.07) is 8.98. The van der Waals surface area contributed by atoms with Gasteiger partial charge in [-0.3, -0.25) is 14.6 Å². The SMILES string of the molecule is O=C(c1c[nH]c2ccccc12)[C@H]1CS[C@H](c2cccnc2)N1C(=O)C(F)(F)F. The van der Waals surface area contributed by atoms with Crippen LogP contribution in [0, 0.1) is 0 Å². The minimum absolute atomic E-state index is 0.0692. The number of fused-ring (bicyclic) bond motifs is 1. The van der Waals surface area contributed by atoms with E-state index in [9.17, 15) is 22.8 Å². The van der Waals surface area contributed by atoms with Crippen LogP contribution in [0.15, 0.2) is 55.0 Å². The number of hydrogen-bond acceptors (Lipinski definition) is 4. The molecule has 1 N–H and O–H groups in total. The first-order valence-corrected chi connectivity index (χ1v) is 9.44. The van der Waals surface area contributed by atoms with E-state index in [1.165, 1.54) is 18.6 Å². The maximum Gasteiger partial charge on any atom is 0.471 e. The third-order valence-electron chi connectivity index (χ3n) is 4.60. The lowest BCUT2D eigenvalue weighted by molar-refractivity contribution is -0.187. The number of nitrogens with zero attached hydrogens (tertiary/aromatic N) is 2.